The summed E-state index contributed by atoms with van der Waals surface area (Å²) in [5, 5.41) is 3.67. The molecule has 0 bridgehead atoms. The number of amides is 1. The van der Waals surface area contributed by atoms with Gasteiger partial charge in [-0.3, -0.25) is 4.79 Å². The summed E-state index contributed by atoms with van der Waals surface area (Å²) in [5.74, 6) is 0.124. The third kappa shape index (κ3) is 2.61. The fourth-order valence-electron chi connectivity index (χ4n) is 3.42. The second-order valence-corrected chi connectivity index (χ2v) is 6.06. The van der Waals surface area contributed by atoms with Gasteiger partial charge in [0, 0.05) is 12.2 Å². The predicted molar refractivity (Wildman–Crippen MR) is 94.4 cm³/mol. The molecule has 1 atom stereocenters. The lowest BCUT2D eigenvalue weighted by Crippen LogP contribution is -2.57. The van der Waals surface area contributed by atoms with Gasteiger partial charge in [-0.2, -0.15) is 0 Å². The van der Waals surface area contributed by atoms with Gasteiger partial charge in [0.05, 0.1) is 5.56 Å². The highest BCUT2D eigenvalue weighted by atomic mass is 16.2. The van der Waals surface area contributed by atoms with Crippen LogP contribution in [0.25, 0.3) is 0 Å². The molecule has 3 nitrogen and oxygen atoms in total. The van der Waals surface area contributed by atoms with Gasteiger partial charge < -0.3 is 10.2 Å². The highest BCUT2D eigenvalue weighted by Crippen LogP contribution is 2.40. The molecule has 3 heteroatoms. The Bertz CT molecular complexity index is 683. The van der Waals surface area contributed by atoms with E-state index in [2.05, 4.69) is 31.3 Å². The highest BCUT2D eigenvalue weighted by molar-refractivity contribution is 6.02. The fourth-order valence-corrected chi connectivity index (χ4v) is 3.42. The Morgan fingerprint density at radius 2 is 1.70 bits per heavy atom. The summed E-state index contributed by atoms with van der Waals surface area (Å²) in [5.41, 5.74) is 2.36. The second kappa shape index (κ2) is 6.45. The summed E-state index contributed by atoms with van der Waals surface area (Å²) >= 11 is 0. The van der Waals surface area contributed by atoms with Crippen molar-refractivity contribution in [2.24, 2.45) is 0 Å². The number of rotatable bonds is 5. The van der Waals surface area contributed by atoms with Crippen LogP contribution in [0.2, 0.25) is 0 Å². The molecule has 2 aromatic carbocycles. The van der Waals surface area contributed by atoms with Crippen LogP contribution in [-0.4, -0.2) is 17.4 Å². The maximum atomic E-state index is 13.2. The first kappa shape index (κ1) is 15.6. The van der Waals surface area contributed by atoms with Crippen LogP contribution in [0.5, 0.6) is 0 Å². The lowest BCUT2D eigenvalue weighted by Gasteiger charge is -2.48. The summed E-state index contributed by atoms with van der Waals surface area (Å²) in [4.78, 5) is 15.2. The first-order chi connectivity index (χ1) is 11.2. The van der Waals surface area contributed by atoms with Crippen LogP contribution in [0.3, 0.4) is 0 Å². The lowest BCUT2D eigenvalue weighted by molar-refractivity contribution is 0.0479. The van der Waals surface area contributed by atoms with Crippen molar-refractivity contribution < 1.29 is 4.79 Å². The average molecular weight is 308 g/mol. The average Bonchev–Trinajstić information content (AvgIpc) is 2.61. The Balaban J connectivity index is 2.13. The van der Waals surface area contributed by atoms with Crippen LogP contribution in [0.4, 0.5) is 5.69 Å². The number of hydrogen-bond donors (Lipinski definition) is 1. The standard InChI is InChI=1S/C20H24N2O/c1-3-5-15-22-19(23)17-13-9-10-14-18(17)21-20(22,4-2)16-11-7-6-8-12-16/h6-14,21H,3-5,15H2,1-2H3. The first-order valence-electron chi connectivity index (χ1n) is 8.47. The van der Waals surface area contributed by atoms with Crippen LogP contribution in [0.15, 0.2) is 54.6 Å². The van der Waals surface area contributed by atoms with E-state index in [0.29, 0.717) is 0 Å². The molecule has 120 valence electrons. The quantitative estimate of drug-likeness (QED) is 0.874. The molecule has 0 fully saturated rings. The van der Waals surface area contributed by atoms with Crippen LogP contribution in [0, 0.1) is 0 Å². The Morgan fingerprint density at radius 3 is 2.39 bits per heavy atom. The Kier molecular flexibility index (Phi) is 4.37. The maximum absolute atomic E-state index is 13.2. The number of benzene rings is 2. The number of fused-ring (bicyclic) bond motifs is 1. The monoisotopic (exact) mass is 308 g/mol. The smallest absolute Gasteiger partial charge is 0.258 e. The van der Waals surface area contributed by atoms with E-state index in [1.165, 1.54) is 0 Å². The van der Waals surface area contributed by atoms with Crippen LogP contribution in [-0.2, 0) is 5.66 Å². The van der Waals surface area contributed by atoms with E-state index in [1.807, 2.05) is 47.4 Å². The largest absolute Gasteiger partial charge is 0.358 e. The number of anilines is 1. The molecule has 0 aromatic heterocycles. The lowest BCUT2D eigenvalue weighted by atomic mass is 9.89. The van der Waals surface area contributed by atoms with Crippen molar-refractivity contribution in [1.29, 1.82) is 0 Å². The van der Waals surface area contributed by atoms with Gasteiger partial charge in [0.1, 0.15) is 5.66 Å². The van der Waals surface area contributed by atoms with Crippen LogP contribution >= 0.6 is 0 Å². The number of carbonyl (C=O) groups excluding carboxylic acids is 1. The highest BCUT2D eigenvalue weighted by Gasteiger charge is 2.44. The molecule has 0 radical (unpaired) electrons. The van der Waals surface area contributed by atoms with Crippen molar-refractivity contribution in [3.8, 4) is 0 Å². The maximum Gasteiger partial charge on any atom is 0.258 e. The Hall–Kier alpha value is -2.29. The predicted octanol–water partition coefficient (Wildman–Crippen LogP) is 4.62. The molecule has 23 heavy (non-hydrogen) atoms. The topological polar surface area (TPSA) is 32.3 Å². The molecule has 1 unspecified atom stereocenters. The zero-order valence-electron chi connectivity index (χ0n) is 13.9. The van der Waals surface area contributed by atoms with E-state index in [4.69, 9.17) is 0 Å². The summed E-state index contributed by atoms with van der Waals surface area (Å²) < 4.78 is 0. The molecular formula is C20H24N2O. The Morgan fingerprint density at radius 1 is 1.00 bits per heavy atom. The number of carbonyl (C=O) groups is 1. The van der Waals surface area contributed by atoms with Gasteiger partial charge in [0.2, 0.25) is 0 Å². The minimum Gasteiger partial charge on any atom is -0.358 e. The number of nitrogens with zero attached hydrogens (tertiary/aromatic N) is 1. The molecule has 1 heterocycles. The van der Waals surface area contributed by atoms with E-state index in [-0.39, 0.29) is 5.91 Å². The summed E-state index contributed by atoms with van der Waals surface area (Å²) in [6.45, 7) is 5.06. The van der Waals surface area contributed by atoms with Crippen molar-refractivity contribution in [2.45, 2.75) is 38.8 Å². The molecule has 1 aliphatic heterocycles. The minimum absolute atomic E-state index is 0.124. The summed E-state index contributed by atoms with van der Waals surface area (Å²) in [6.07, 6.45) is 2.89. The number of para-hydroxylation sites is 1. The van der Waals surface area contributed by atoms with Crippen molar-refractivity contribution in [1.82, 2.24) is 4.90 Å². The SMILES string of the molecule is CCCCN1C(=O)c2ccccc2NC1(CC)c1ccccc1. The molecule has 0 saturated heterocycles. The zero-order valence-corrected chi connectivity index (χ0v) is 13.9. The van der Waals surface area contributed by atoms with Crippen LogP contribution in [0.1, 0.15) is 49.0 Å². The normalized spacial score (nSPS) is 20.1. The molecule has 1 aliphatic rings. The molecule has 0 saturated carbocycles. The summed E-state index contributed by atoms with van der Waals surface area (Å²) in [6, 6.07) is 18.1. The van der Waals surface area contributed by atoms with Gasteiger partial charge >= 0.3 is 0 Å². The zero-order chi connectivity index (χ0) is 16.3. The van der Waals surface area contributed by atoms with Crippen molar-refractivity contribution >= 4 is 11.6 Å². The van der Waals surface area contributed by atoms with Gasteiger partial charge in [-0.15, -0.1) is 0 Å². The van der Waals surface area contributed by atoms with Gasteiger partial charge in [0.25, 0.3) is 5.91 Å². The molecule has 2 aromatic rings. The molecule has 3 rings (SSSR count). The van der Waals surface area contributed by atoms with Crippen molar-refractivity contribution in [2.75, 3.05) is 11.9 Å². The van der Waals surface area contributed by atoms with E-state index in [9.17, 15) is 4.79 Å². The third-order valence-electron chi connectivity index (χ3n) is 4.70. The number of nitrogens with one attached hydrogen (secondary N) is 1. The van der Waals surface area contributed by atoms with Gasteiger partial charge in [-0.05, 0) is 30.5 Å². The van der Waals surface area contributed by atoms with Gasteiger partial charge in [-0.1, -0.05) is 62.7 Å². The van der Waals surface area contributed by atoms with E-state index in [1.54, 1.807) is 0 Å². The van der Waals surface area contributed by atoms with Crippen molar-refractivity contribution in [3.63, 3.8) is 0 Å². The molecule has 1 N–H and O–H groups in total. The molecule has 0 spiro atoms. The number of unbranched alkanes of at least 4 members (excludes halogenated alkanes) is 1. The van der Waals surface area contributed by atoms with Crippen molar-refractivity contribution in [3.05, 3.63) is 65.7 Å². The summed E-state index contributed by atoms with van der Waals surface area (Å²) in [7, 11) is 0. The molecule has 1 amide bonds. The van der Waals surface area contributed by atoms with E-state index < -0.39 is 5.66 Å². The van der Waals surface area contributed by atoms with Gasteiger partial charge in [0.15, 0.2) is 0 Å². The molecular weight excluding hydrogens is 284 g/mol. The van der Waals surface area contributed by atoms with E-state index >= 15 is 0 Å². The fraction of sp³-hybridized carbons (Fsp3) is 0.350. The number of hydrogen-bond acceptors (Lipinski definition) is 2. The second-order valence-electron chi connectivity index (χ2n) is 6.06. The molecule has 0 aliphatic carbocycles. The third-order valence-corrected chi connectivity index (χ3v) is 4.70. The Labute approximate surface area is 138 Å². The van der Waals surface area contributed by atoms with E-state index in [0.717, 1.165) is 42.6 Å². The van der Waals surface area contributed by atoms with Gasteiger partial charge in [-0.25, -0.2) is 0 Å². The minimum atomic E-state index is -0.470. The van der Waals surface area contributed by atoms with Crippen LogP contribution < -0.4 is 5.32 Å². The first-order valence-corrected chi connectivity index (χ1v) is 8.47.